The van der Waals surface area contributed by atoms with E-state index >= 15 is 0 Å². The van der Waals surface area contributed by atoms with Gasteiger partial charge < -0.3 is 15.0 Å². The Hall–Kier alpha value is -0.910. The number of aryl methyl sites for hydroxylation is 1. The Labute approximate surface area is 125 Å². The number of likely N-dealkylation sites (N-methyl/N-ethyl adjacent to an activating group) is 1. The molecule has 112 valence electrons. The normalized spacial score (nSPS) is 23.8. The molecule has 2 heterocycles. The van der Waals surface area contributed by atoms with Crippen LogP contribution in [0, 0.1) is 12.8 Å². The van der Waals surface area contributed by atoms with Gasteiger partial charge in [0.05, 0.1) is 25.2 Å². The first-order valence-electron chi connectivity index (χ1n) is 7.18. The highest BCUT2D eigenvalue weighted by molar-refractivity contribution is 7.12. The lowest BCUT2D eigenvalue weighted by molar-refractivity contribution is -0.136. The predicted octanol–water partition coefficient (Wildman–Crippen LogP) is 2.20. The molecule has 1 saturated heterocycles. The maximum atomic E-state index is 12.7. The van der Waals surface area contributed by atoms with Gasteiger partial charge in [-0.1, -0.05) is 6.92 Å². The topological polar surface area (TPSA) is 41.6 Å². The molecule has 0 aliphatic carbocycles. The van der Waals surface area contributed by atoms with E-state index in [2.05, 4.69) is 38.2 Å². The third-order valence-corrected chi connectivity index (χ3v) is 5.14. The van der Waals surface area contributed by atoms with Gasteiger partial charge in [0.15, 0.2) is 0 Å². The summed E-state index contributed by atoms with van der Waals surface area (Å²) in [6.07, 6.45) is 0. The van der Waals surface area contributed by atoms with Crippen LogP contribution in [0.2, 0.25) is 0 Å². The zero-order valence-corrected chi connectivity index (χ0v) is 13.5. The standard InChI is InChI=1S/C15H24N2O2S/c1-5-16-13-9-19-8-12(13)15(18)17(4)11(3)14-7-6-10(2)20-14/h6-7,11-13,16H,5,8-9H2,1-4H3. The highest BCUT2D eigenvalue weighted by Crippen LogP contribution is 2.28. The Morgan fingerprint density at radius 1 is 1.55 bits per heavy atom. The fourth-order valence-electron chi connectivity index (χ4n) is 2.58. The Morgan fingerprint density at radius 3 is 2.90 bits per heavy atom. The number of amides is 1. The van der Waals surface area contributed by atoms with Gasteiger partial charge in [0.1, 0.15) is 0 Å². The van der Waals surface area contributed by atoms with Crippen molar-refractivity contribution in [2.45, 2.75) is 32.9 Å². The molecular weight excluding hydrogens is 272 g/mol. The number of rotatable bonds is 5. The van der Waals surface area contributed by atoms with Crippen molar-refractivity contribution in [1.29, 1.82) is 0 Å². The molecule has 1 aromatic heterocycles. The van der Waals surface area contributed by atoms with Gasteiger partial charge in [0, 0.05) is 22.8 Å². The van der Waals surface area contributed by atoms with Crippen molar-refractivity contribution in [2.24, 2.45) is 5.92 Å². The van der Waals surface area contributed by atoms with Crippen LogP contribution in [0.15, 0.2) is 12.1 Å². The van der Waals surface area contributed by atoms with Gasteiger partial charge in [-0.15, -0.1) is 11.3 Å². The van der Waals surface area contributed by atoms with Gasteiger partial charge in [-0.05, 0) is 32.5 Å². The first-order valence-corrected chi connectivity index (χ1v) is 8.00. The number of thiophene rings is 1. The lowest BCUT2D eigenvalue weighted by atomic mass is 10.0. The van der Waals surface area contributed by atoms with Crippen molar-refractivity contribution in [3.63, 3.8) is 0 Å². The van der Waals surface area contributed by atoms with E-state index in [1.807, 2.05) is 11.9 Å². The van der Waals surface area contributed by atoms with Crippen molar-refractivity contribution in [3.8, 4) is 0 Å². The van der Waals surface area contributed by atoms with Crippen LogP contribution in [-0.4, -0.2) is 43.7 Å². The summed E-state index contributed by atoms with van der Waals surface area (Å²) in [5.74, 6) is 0.107. The minimum absolute atomic E-state index is 0.0662. The lowest BCUT2D eigenvalue weighted by Gasteiger charge is -2.28. The average molecular weight is 296 g/mol. The third kappa shape index (κ3) is 3.22. The van der Waals surface area contributed by atoms with Gasteiger partial charge in [-0.25, -0.2) is 0 Å². The second-order valence-corrected chi connectivity index (χ2v) is 6.70. The molecule has 20 heavy (non-hydrogen) atoms. The maximum absolute atomic E-state index is 12.7. The van der Waals surface area contributed by atoms with Gasteiger partial charge >= 0.3 is 0 Å². The second-order valence-electron chi connectivity index (χ2n) is 5.38. The summed E-state index contributed by atoms with van der Waals surface area (Å²) in [6, 6.07) is 4.48. The summed E-state index contributed by atoms with van der Waals surface area (Å²) in [6.45, 7) is 8.25. The summed E-state index contributed by atoms with van der Waals surface area (Å²) >= 11 is 1.75. The van der Waals surface area contributed by atoms with Gasteiger partial charge in [-0.3, -0.25) is 4.79 Å². The van der Waals surface area contributed by atoms with E-state index < -0.39 is 0 Å². The molecule has 1 amide bonds. The Kier molecular flexibility index (Phi) is 5.18. The van der Waals surface area contributed by atoms with Crippen molar-refractivity contribution in [1.82, 2.24) is 10.2 Å². The van der Waals surface area contributed by atoms with Crippen LogP contribution in [0.25, 0.3) is 0 Å². The molecule has 0 bridgehead atoms. The van der Waals surface area contributed by atoms with Crippen molar-refractivity contribution in [3.05, 3.63) is 21.9 Å². The molecule has 0 aromatic carbocycles. The Balaban J connectivity index is 2.04. The van der Waals surface area contributed by atoms with Crippen LogP contribution in [-0.2, 0) is 9.53 Å². The lowest BCUT2D eigenvalue weighted by Crippen LogP contribution is -2.45. The van der Waals surface area contributed by atoms with Crippen molar-refractivity contribution in [2.75, 3.05) is 26.8 Å². The van der Waals surface area contributed by atoms with Crippen molar-refractivity contribution < 1.29 is 9.53 Å². The number of carbonyl (C=O) groups excluding carboxylic acids is 1. The summed E-state index contributed by atoms with van der Waals surface area (Å²) in [5.41, 5.74) is 0. The molecular formula is C15H24N2O2S. The molecule has 0 spiro atoms. The molecule has 1 aromatic rings. The smallest absolute Gasteiger partial charge is 0.229 e. The fraction of sp³-hybridized carbons (Fsp3) is 0.667. The molecule has 1 N–H and O–H groups in total. The number of carbonyl (C=O) groups is 1. The van der Waals surface area contributed by atoms with Gasteiger partial charge in [-0.2, -0.15) is 0 Å². The summed E-state index contributed by atoms with van der Waals surface area (Å²) in [5, 5.41) is 3.34. The minimum Gasteiger partial charge on any atom is -0.379 e. The number of nitrogens with zero attached hydrogens (tertiary/aromatic N) is 1. The summed E-state index contributed by atoms with van der Waals surface area (Å²) < 4.78 is 5.48. The maximum Gasteiger partial charge on any atom is 0.229 e. The summed E-state index contributed by atoms with van der Waals surface area (Å²) in [7, 11) is 1.89. The quantitative estimate of drug-likeness (QED) is 0.905. The second kappa shape index (κ2) is 6.70. The van der Waals surface area contributed by atoms with E-state index in [0.29, 0.717) is 13.2 Å². The van der Waals surface area contributed by atoms with Gasteiger partial charge in [0.2, 0.25) is 5.91 Å². The molecule has 0 saturated carbocycles. The Bertz CT molecular complexity index is 460. The zero-order valence-electron chi connectivity index (χ0n) is 12.7. The zero-order chi connectivity index (χ0) is 14.7. The number of ether oxygens (including phenoxy) is 1. The van der Waals surface area contributed by atoms with Crippen LogP contribution in [0.5, 0.6) is 0 Å². The monoisotopic (exact) mass is 296 g/mol. The van der Waals surface area contributed by atoms with Crippen LogP contribution in [0.1, 0.15) is 29.6 Å². The van der Waals surface area contributed by atoms with E-state index in [1.165, 1.54) is 9.75 Å². The van der Waals surface area contributed by atoms with Crippen LogP contribution < -0.4 is 5.32 Å². The molecule has 3 atom stereocenters. The first-order chi connectivity index (χ1) is 9.54. The summed E-state index contributed by atoms with van der Waals surface area (Å²) in [4.78, 5) is 17.0. The van der Waals surface area contributed by atoms with Gasteiger partial charge in [0.25, 0.3) is 0 Å². The van der Waals surface area contributed by atoms with E-state index in [-0.39, 0.29) is 23.9 Å². The third-order valence-electron chi connectivity index (χ3n) is 3.97. The molecule has 1 aliphatic heterocycles. The first kappa shape index (κ1) is 15.5. The molecule has 4 nitrogen and oxygen atoms in total. The number of hydrogen-bond acceptors (Lipinski definition) is 4. The SMILES string of the molecule is CCNC1COCC1C(=O)N(C)C(C)c1ccc(C)s1. The average Bonchev–Trinajstić information content (AvgIpc) is 3.06. The van der Waals surface area contributed by atoms with Crippen LogP contribution in [0.3, 0.4) is 0 Å². The van der Waals surface area contributed by atoms with E-state index in [1.54, 1.807) is 11.3 Å². The van der Waals surface area contributed by atoms with Crippen LogP contribution in [0.4, 0.5) is 0 Å². The molecule has 1 aliphatic rings. The molecule has 5 heteroatoms. The van der Waals surface area contributed by atoms with Crippen molar-refractivity contribution >= 4 is 17.2 Å². The molecule has 1 fully saturated rings. The van der Waals surface area contributed by atoms with E-state index in [4.69, 9.17) is 4.74 Å². The highest BCUT2D eigenvalue weighted by Gasteiger charge is 2.36. The van der Waals surface area contributed by atoms with E-state index in [0.717, 1.165) is 6.54 Å². The predicted molar refractivity (Wildman–Crippen MR) is 82.0 cm³/mol. The number of nitrogens with one attached hydrogen (secondary N) is 1. The highest BCUT2D eigenvalue weighted by atomic mass is 32.1. The fourth-order valence-corrected chi connectivity index (χ4v) is 3.55. The molecule has 0 radical (unpaired) electrons. The number of hydrogen-bond donors (Lipinski definition) is 1. The van der Waals surface area contributed by atoms with E-state index in [9.17, 15) is 4.79 Å². The molecule has 2 rings (SSSR count). The minimum atomic E-state index is -0.0662. The van der Waals surface area contributed by atoms with Crippen LogP contribution >= 0.6 is 11.3 Å². The largest absolute Gasteiger partial charge is 0.379 e. The Morgan fingerprint density at radius 2 is 2.30 bits per heavy atom. The molecule has 3 unspecified atom stereocenters.